The summed E-state index contributed by atoms with van der Waals surface area (Å²) in [4.78, 5) is 8.60. The molecule has 1 N–H and O–H groups in total. The number of aromatic nitrogens is 2. The lowest BCUT2D eigenvalue weighted by atomic mass is 10.2. The van der Waals surface area contributed by atoms with E-state index in [0.717, 1.165) is 29.2 Å². The van der Waals surface area contributed by atoms with Gasteiger partial charge in [-0.25, -0.2) is 9.97 Å². The molecule has 0 aromatic carbocycles. The molecular weight excluding hydrogens is 218 g/mol. The summed E-state index contributed by atoms with van der Waals surface area (Å²) < 4.78 is 0. The second-order valence-corrected chi connectivity index (χ2v) is 5.33. The van der Waals surface area contributed by atoms with E-state index >= 15 is 0 Å². The minimum atomic E-state index is 0.763. The van der Waals surface area contributed by atoms with Crippen molar-refractivity contribution in [3.05, 3.63) is 18.0 Å². The van der Waals surface area contributed by atoms with Crippen LogP contribution in [0.3, 0.4) is 0 Å². The average Bonchev–Trinajstić information content (AvgIpc) is 2.77. The van der Waals surface area contributed by atoms with Gasteiger partial charge in [0.2, 0.25) is 0 Å². The highest BCUT2D eigenvalue weighted by Gasteiger charge is 2.13. The molecule has 1 aliphatic carbocycles. The summed E-state index contributed by atoms with van der Waals surface area (Å²) in [6.07, 6.45) is 7.32. The van der Waals surface area contributed by atoms with Gasteiger partial charge in [0.15, 0.2) is 5.16 Å². The van der Waals surface area contributed by atoms with Crippen molar-refractivity contribution in [3.8, 4) is 0 Å². The molecule has 1 aliphatic rings. The molecule has 1 aromatic rings. The second kappa shape index (κ2) is 6.21. The Kier molecular flexibility index (Phi) is 4.60. The minimum Gasteiger partial charge on any atom is -0.313 e. The van der Waals surface area contributed by atoms with Gasteiger partial charge in [-0.15, -0.1) is 0 Å². The van der Waals surface area contributed by atoms with Crippen LogP contribution in [0.1, 0.15) is 31.4 Å². The Labute approximate surface area is 101 Å². The molecule has 16 heavy (non-hydrogen) atoms. The van der Waals surface area contributed by atoms with Crippen molar-refractivity contribution in [3.63, 3.8) is 0 Å². The predicted octanol–water partition coefficient (Wildman–Crippen LogP) is 2.41. The van der Waals surface area contributed by atoms with Crippen molar-refractivity contribution in [1.82, 2.24) is 15.3 Å². The zero-order valence-corrected chi connectivity index (χ0v) is 10.6. The number of rotatable bonds is 5. The number of hydrogen-bond acceptors (Lipinski definition) is 4. The third-order valence-electron chi connectivity index (χ3n) is 2.89. The van der Waals surface area contributed by atoms with Crippen LogP contribution in [0.25, 0.3) is 0 Å². The van der Waals surface area contributed by atoms with Gasteiger partial charge in [0, 0.05) is 30.2 Å². The Bertz CT molecular complexity index is 324. The summed E-state index contributed by atoms with van der Waals surface area (Å²) >= 11 is 1.73. The Hall–Kier alpha value is -0.610. The van der Waals surface area contributed by atoms with E-state index in [0.29, 0.717) is 0 Å². The largest absolute Gasteiger partial charge is 0.313 e. The number of nitrogens with zero attached hydrogens (tertiary/aromatic N) is 2. The molecule has 1 aromatic heterocycles. The van der Waals surface area contributed by atoms with Gasteiger partial charge in [-0.1, -0.05) is 24.6 Å². The average molecular weight is 237 g/mol. The molecule has 1 heterocycles. The van der Waals surface area contributed by atoms with Gasteiger partial charge in [0.25, 0.3) is 0 Å². The highest BCUT2D eigenvalue weighted by Crippen LogP contribution is 2.18. The van der Waals surface area contributed by atoms with E-state index in [2.05, 4.69) is 15.3 Å². The Morgan fingerprint density at radius 3 is 3.00 bits per heavy atom. The predicted molar refractivity (Wildman–Crippen MR) is 67.8 cm³/mol. The monoisotopic (exact) mass is 237 g/mol. The standard InChI is InChI=1S/C12H19N3S/c1-10-6-7-14-12(15-10)16-9-8-13-11-4-2-3-5-11/h6-7,11,13H,2-5,8-9H2,1H3. The SMILES string of the molecule is Cc1ccnc(SCCNC2CCCC2)n1. The molecule has 0 amide bonds. The Balaban J connectivity index is 1.64. The topological polar surface area (TPSA) is 37.8 Å². The maximum Gasteiger partial charge on any atom is 0.187 e. The van der Waals surface area contributed by atoms with Gasteiger partial charge in [-0.3, -0.25) is 0 Å². The van der Waals surface area contributed by atoms with Crippen LogP contribution < -0.4 is 5.32 Å². The van der Waals surface area contributed by atoms with E-state index in [1.54, 1.807) is 11.8 Å². The zero-order valence-electron chi connectivity index (χ0n) is 9.78. The van der Waals surface area contributed by atoms with Crippen molar-refractivity contribution < 1.29 is 0 Å². The van der Waals surface area contributed by atoms with Crippen molar-refractivity contribution in [1.29, 1.82) is 0 Å². The molecular formula is C12H19N3S. The number of thioether (sulfide) groups is 1. The van der Waals surface area contributed by atoms with E-state index in [-0.39, 0.29) is 0 Å². The third kappa shape index (κ3) is 3.76. The molecule has 1 fully saturated rings. The minimum absolute atomic E-state index is 0.763. The first-order chi connectivity index (χ1) is 7.84. The van der Waals surface area contributed by atoms with E-state index in [9.17, 15) is 0 Å². The van der Waals surface area contributed by atoms with E-state index in [1.807, 2.05) is 19.2 Å². The molecule has 2 rings (SSSR count). The maximum atomic E-state index is 4.37. The van der Waals surface area contributed by atoms with Crippen LogP contribution in [0.15, 0.2) is 17.4 Å². The van der Waals surface area contributed by atoms with Crippen molar-refractivity contribution in [2.24, 2.45) is 0 Å². The lowest BCUT2D eigenvalue weighted by Crippen LogP contribution is -2.28. The fourth-order valence-corrected chi connectivity index (χ4v) is 2.78. The lowest BCUT2D eigenvalue weighted by molar-refractivity contribution is 0.545. The zero-order chi connectivity index (χ0) is 11.2. The summed E-state index contributed by atoms with van der Waals surface area (Å²) in [6, 6.07) is 2.69. The smallest absolute Gasteiger partial charge is 0.187 e. The maximum absolute atomic E-state index is 4.37. The highest BCUT2D eigenvalue weighted by atomic mass is 32.2. The van der Waals surface area contributed by atoms with Crippen LogP contribution in [0, 0.1) is 6.92 Å². The summed E-state index contributed by atoms with van der Waals surface area (Å²) in [6.45, 7) is 3.06. The molecule has 0 bridgehead atoms. The molecule has 0 spiro atoms. The first-order valence-electron chi connectivity index (χ1n) is 6.00. The van der Waals surface area contributed by atoms with Gasteiger partial charge in [-0.05, 0) is 25.8 Å². The van der Waals surface area contributed by atoms with Crippen molar-refractivity contribution >= 4 is 11.8 Å². The molecule has 0 unspecified atom stereocenters. The molecule has 4 heteroatoms. The first-order valence-corrected chi connectivity index (χ1v) is 6.99. The van der Waals surface area contributed by atoms with Gasteiger partial charge in [-0.2, -0.15) is 0 Å². The van der Waals surface area contributed by atoms with E-state index in [4.69, 9.17) is 0 Å². The quantitative estimate of drug-likeness (QED) is 0.485. The molecule has 0 saturated heterocycles. The lowest BCUT2D eigenvalue weighted by Gasteiger charge is -2.10. The van der Waals surface area contributed by atoms with Crippen LogP contribution in [0.5, 0.6) is 0 Å². The van der Waals surface area contributed by atoms with Crippen LogP contribution in [0.2, 0.25) is 0 Å². The number of nitrogens with one attached hydrogen (secondary N) is 1. The van der Waals surface area contributed by atoms with Gasteiger partial charge in [0.1, 0.15) is 0 Å². The fraction of sp³-hybridized carbons (Fsp3) is 0.667. The Morgan fingerprint density at radius 1 is 1.44 bits per heavy atom. The van der Waals surface area contributed by atoms with Crippen molar-refractivity contribution in [2.45, 2.75) is 43.8 Å². The summed E-state index contributed by atoms with van der Waals surface area (Å²) in [5.74, 6) is 1.06. The first kappa shape index (κ1) is 11.9. The van der Waals surface area contributed by atoms with Crippen LogP contribution in [-0.4, -0.2) is 28.3 Å². The van der Waals surface area contributed by atoms with E-state index in [1.165, 1.54) is 25.7 Å². The van der Waals surface area contributed by atoms with Gasteiger partial charge in [0.05, 0.1) is 0 Å². The third-order valence-corrected chi connectivity index (χ3v) is 3.76. The van der Waals surface area contributed by atoms with Gasteiger partial charge < -0.3 is 5.32 Å². The molecule has 0 aliphatic heterocycles. The van der Waals surface area contributed by atoms with Crippen LogP contribution >= 0.6 is 11.8 Å². The number of aryl methyl sites for hydroxylation is 1. The fourth-order valence-electron chi connectivity index (χ4n) is 2.03. The molecule has 3 nitrogen and oxygen atoms in total. The van der Waals surface area contributed by atoms with Crippen molar-refractivity contribution in [2.75, 3.05) is 12.3 Å². The van der Waals surface area contributed by atoms with E-state index < -0.39 is 0 Å². The molecule has 1 saturated carbocycles. The van der Waals surface area contributed by atoms with Crippen LogP contribution in [-0.2, 0) is 0 Å². The summed E-state index contributed by atoms with van der Waals surface area (Å²) in [5, 5.41) is 4.49. The summed E-state index contributed by atoms with van der Waals surface area (Å²) in [5.41, 5.74) is 1.04. The summed E-state index contributed by atoms with van der Waals surface area (Å²) in [7, 11) is 0. The Morgan fingerprint density at radius 2 is 2.25 bits per heavy atom. The van der Waals surface area contributed by atoms with Crippen LogP contribution in [0.4, 0.5) is 0 Å². The van der Waals surface area contributed by atoms with Gasteiger partial charge >= 0.3 is 0 Å². The number of hydrogen-bond donors (Lipinski definition) is 1. The normalized spacial score (nSPS) is 16.8. The molecule has 0 radical (unpaired) electrons. The second-order valence-electron chi connectivity index (χ2n) is 4.26. The molecule has 88 valence electrons. The molecule has 0 atom stereocenters. The highest BCUT2D eigenvalue weighted by molar-refractivity contribution is 7.99.